The van der Waals surface area contributed by atoms with Crippen molar-refractivity contribution in [2.45, 2.75) is 25.4 Å². The fraction of sp³-hybridized carbons (Fsp3) is 0.444. The fourth-order valence-corrected chi connectivity index (χ4v) is 3.47. The molecule has 3 heterocycles. The Morgan fingerprint density at radius 3 is 2.68 bits per heavy atom. The van der Waals surface area contributed by atoms with Gasteiger partial charge in [-0.2, -0.15) is 0 Å². The number of amides is 1. The number of benzene rings is 1. The molecule has 1 aromatic carbocycles. The normalized spacial score (nSPS) is 19.1. The van der Waals surface area contributed by atoms with Crippen LogP contribution in [0.1, 0.15) is 29.0 Å². The second-order valence-corrected chi connectivity index (χ2v) is 6.53. The van der Waals surface area contributed by atoms with Gasteiger partial charge in [0.05, 0.1) is 7.11 Å². The van der Waals surface area contributed by atoms with Crippen LogP contribution in [-0.4, -0.2) is 49.4 Å². The summed E-state index contributed by atoms with van der Waals surface area (Å²) in [4.78, 5) is 25.8. The Kier molecular flexibility index (Phi) is 3.59. The Morgan fingerprint density at radius 2 is 2.04 bits per heavy atom. The van der Waals surface area contributed by atoms with Crippen LogP contribution in [0.25, 0.3) is 11.0 Å². The number of piperidine rings is 1. The first kappa shape index (κ1) is 15.8. The molecular formula is C18H19NO6. The van der Waals surface area contributed by atoms with Gasteiger partial charge < -0.3 is 23.5 Å². The summed E-state index contributed by atoms with van der Waals surface area (Å²) in [6.07, 6.45) is 0.511. The lowest BCUT2D eigenvalue weighted by molar-refractivity contribution is 0.00197. The van der Waals surface area contributed by atoms with Gasteiger partial charge in [0, 0.05) is 42.9 Å². The Labute approximate surface area is 144 Å². The molecule has 2 aromatic rings. The van der Waals surface area contributed by atoms with E-state index in [9.17, 15) is 9.59 Å². The highest BCUT2D eigenvalue weighted by Crippen LogP contribution is 2.34. The topological polar surface area (TPSA) is 78.2 Å². The Morgan fingerprint density at radius 1 is 1.28 bits per heavy atom. The number of likely N-dealkylation sites (tertiary alicyclic amines) is 1. The summed E-state index contributed by atoms with van der Waals surface area (Å²) in [6, 6.07) is 5.52. The summed E-state index contributed by atoms with van der Waals surface area (Å²) in [6.45, 7) is 3.13. The van der Waals surface area contributed by atoms with Crippen LogP contribution in [-0.2, 0) is 9.47 Å². The van der Waals surface area contributed by atoms with Crippen LogP contribution in [0, 0.1) is 6.92 Å². The number of methoxy groups -OCH3 is 1. The standard InChI is InChI=1S/C18H19NO6/c1-11-13-4-3-12(22-2)9-14(13)24-15(11)16(20)19-7-5-18(6-8-19)10-23-17(21)25-18/h3-4,9H,5-8,10H2,1-2H3. The minimum Gasteiger partial charge on any atom is -0.497 e. The molecule has 4 rings (SSSR count). The first-order valence-corrected chi connectivity index (χ1v) is 8.23. The van der Waals surface area contributed by atoms with Gasteiger partial charge in [-0.15, -0.1) is 0 Å². The molecule has 2 aliphatic rings. The van der Waals surface area contributed by atoms with Crippen molar-refractivity contribution in [3.8, 4) is 5.75 Å². The van der Waals surface area contributed by atoms with Crippen LogP contribution in [0.3, 0.4) is 0 Å². The predicted molar refractivity (Wildman–Crippen MR) is 87.8 cm³/mol. The van der Waals surface area contributed by atoms with E-state index in [2.05, 4.69) is 0 Å². The van der Waals surface area contributed by atoms with E-state index < -0.39 is 11.8 Å². The van der Waals surface area contributed by atoms with E-state index >= 15 is 0 Å². The van der Waals surface area contributed by atoms with Gasteiger partial charge in [0.1, 0.15) is 17.9 Å². The monoisotopic (exact) mass is 345 g/mol. The quantitative estimate of drug-likeness (QED) is 0.779. The molecule has 7 nitrogen and oxygen atoms in total. The first-order valence-electron chi connectivity index (χ1n) is 8.23. The second-order valence-electron chi connectivity index (χ2n) is 6.53. The number of hydrogen-bond acceptors (Lipinski definition) is 6. The van der Waals surface area contributed by atoms with Gasteiger partial charge in [-0.1, -0.05) is 0 Å². The minimum atomic E-state index is -0.623. The maximum atomic E-state index is 12.9. The van der Waals surface area contributed by atoms with Crippen molar-refractivity contribution in [2.24, 2.45) is 0 Å². The van der Waals surface area contributed by atoms with Crippen LogP contribution >= 0.6 is 0 Å². The number of aryl methyl sites for hydroxylation is 1. The Bertz CT molecular complexity index is 847. The van der Waals surface area contributed by atoms with Crippen molar-refractivity contribution in [1.82, 2.24) is 4.90 Å². The molecule has 1 aromatic heterocycles. The Balaban J connectivity index is 1.54. The van der Waals surface area contributed by atoms with Crippen LogP contribution in [0.4, 0.5) is 4.79 Å². The van der Waals surface area contributed by atoms with E-state index in [0.29, 0.717) is 43.0 Å². The molecule has 0 saturated carbocycles. The molecule has 2 fully saturated rings. The molecule has 2 aliphatic heterocycles. The van der Waals surface area contributed by atoms with E-state index in [1.165, 1.54) is 0 Å². The van der Waals surface area contributed by atoms with Crippen LogP contribution in [0.2, 0.25) is 0 Å². The summed E-state index contributed by atoms with van der Waals surface area (Å²) in [5, 5.41) is 0.899. The lowest BCUT2D eigenvalue weighted by atomic mass is 9.92. The number of fused-ring (bicyclic) bond motifs is 1. The number of furan rings is 1. The maximum absolute atomic E-state index is 12.9. The van der Waals surface area contributed by atoms with Gasteiger partial charge in [-0.25, -0.2) is 4.79 Å². The van der Waals surface area contributed by atoms with Crippen LogP contribution in [0.15, 0.2) is 22.6 Å². The lowest BCUT2D eigenvalue weighted by Gasteiger charge is -2.35. The molecule has 132 valence electrons. The highest BCUT2D eigenvalue weighted by Gasteiger charge is 2.45. The summed E-state index contributed by atoms with van der Waals surface area (Å²) in [5.41, 5.74) is 0.870. The molecule has 0 atom stereocenters. The number of rotatable bonds is 2. The molecule has 7 heteroatoms. The fourth-order valence-electron chi connectivity index (χ4n) is 3.47. The van der Waals surface area contributed by atoms with Gasteiger partial charge in [0.2, 0.25) is 0 Å². The number of cyclic esters (lactones) is 1. The summed E-state index contributed by atoms with van der Waals surface area (Å²) < 4.78 is 21.2. The van der Waals surface area contributed by atoms with Gasteiger partial charge in [0.15, 0.2) is 11.4 Å². The van der Waals surface area contributed by atoms with Gasteiger partial charge in [-0.05, 0) is 19.1 Å². The van der Waals surface area contributed by atoms with Crippen LogP contribution < -0.4 is 4.74 Å². The highest BCUT2D eigenvalue weighted by molar-refractivity contribution is 5.99. The molecule has 1 spiro atoms. The molecule has 0 radical (unpaired) electrons. The number of hydrogen-bond donors (Lipinski definition) is 0. The molecule has 25 heavy (non-hydrogen) atoms. The minimum absolute atomic E-state index is 0.146. The maximum Gasteiger partial charge on any atom is 0.509 e. The van der Waals surface area contributed by atoms with Crippen LogP contribution in [0.5, 0.6) is 5.75 Å². The predicted octanol–water partition coefficient (Wildman–Crippen LogP) is 2.89. The van der Waals surface area contributed by atoms with Gasteiger partial charge >= 0.3 is 6.16 Å². The SMILES string of the molecule is COc1ccc2c(C)c(C(=O)N3CCC4(CC3)COC(=O)O4)oc2c1. The van der Waals surface area contributed by atoms with Crippen molar-refractivity contribution < 1.29 is 28.2 Å². The average molecular weight is 345 g/mol. The molecule has 0 bridgehead atoms. The second kappa shape index (κ2) is 5.68. The third-order valence-electron chi connectivity index (χ3n) is 5.05. The smallest absolute Gasteiger partial charge is 0.497 e. The zero-order valence-electron chi connectivity index (χ0n) is 14.2. The largest absolute Gasteiger partial charge is 0.509 e. The molecule has 1 amide bonds. The van der Waals surface area contributed by atoms with Crippen molar-refractivity contribution in [3.63, 3.8) is 0 Å². The Hall–Kier alpha value is -2.70. The molecular weight excluding hydrogens is 326 g/mol. The number of ether oxygens (including phenoxy) is 3. The van der Waals surface area contributed by atoms with Crippen molar-refractivity contribution >= 4 is 23.0 Å². The number of carbonyl (C=O) groups excluding carboxylic acids is 2. The highest BCUT2D eigenvalue weighted by atomic mass is 16.8. The number of nitrogens with zero attached hydrogens (tertiary/aromatic N) is 1. The van der Waals surface area contributed by atoms with E-state index in [4.69, 9.17) is 18.6 Å². The molecule has 0 aliphatic carbocycles. The molecule has 0 N–H and O–H groups in total. The summed E-state index contributed by atoms with van der Waals surface area (Å²) >= 11 is 0. The van der Waals surface area contributed by atoms with E-state index in [-0.39, 0.29) is 12.5 Å². The van der Waals surface area contributed by atoms with Gasteiger partial charge in [0.25, 0.3) is 5.91 Å². The lowest BCUT2D eigenvalue weighted by Crippen LogP contribution is -2.48. The molecule has 0 unspecified atom stereocenters. The van der Waals surface area contributed by atoms with E-state index in [1.807, 2.05) is 19.1 Å². The third kappa shape index (κ3) is 2.59. The third-order valence-corrected chi connectivity index (χ3v) is 5.05. The zero-order chi connectivity index (χ0) is 17.6. The first-order chi connectivity index (χ1) is 12.0. The molecule has 2 saturated heterocycles. The zero-order valence-corrected chi connectivity index (χ0v) is 14.2. The number of carbonyl (C=O) groups is 2. The van der Waals surface area contributed by atoms with E-state index in [1.54, 1.807) is 18.1 Å². The van der Waals surface area contributed by atoms with Crippen molar-refractivity contribution in [2.75, 3.05) is 26.8 Å². The van der Waals surface area contributed by atoms with Crippen molar-refractivity contribution in [3.05, 3.63) is 29.5 Å². The van der Waals surface area contributed by atoms with Gasteiger partial charge in [-0.3, -0.25) is 4.79 Å². The van der Waals surface area contributed by atoms with E-state index in [0.717, 1.165) is 10.9 Å². The van der Waals surface area contributed by atoms with Crippen molar-refractivity contribution in [1.29, 1.82) is 0 Å². The summed E-state index contributed by atoms with van der Waals surface area (Å²) in [7, 11) is 1.59. The average Bonchev–Trinajstić information content (AvgIpc) is 3.15. The summed E-state index contributed by atoms with van der Waals surface area (Å²) in [5.74, 6) is 0.884.